The zero-order valence-electron chi connectivity index (χ0n) is 29.3. The molecule has 0 aliphatic heterocycles. The molecule has 0 atom stereocenters. The van der Waals surface area contributed by atoms with Gasteiger partial charge in [-0.3, -0.25) is 0 Å². The quantitative estimate of drug-likeness (QED) is 0.179. The molecule has 10 aromatic carbocycles. The van der Waals surface area contributed by atoms with Crippen molar-refractivity contribution in [2.45, 2.75) is 0 Å². The van der Waals surface area contributed by atoms with Crippen molar-refractivity contribution in [3.8, 4) is 27.9 Å². The molecule has 0 spiro atoms. The van der Waals surface area contributed by atoms with Crippen molar-refractivity contribution in [2.24, 2.45) is 0 Å². The fourth-order valence-corrected chi connectivity index (χ4v) is 9.19. The van der Waals surface area contributed by atoms with Crippen LogP contribution in [0.4, 0.5) is 0 Å². The van der Waals surface area contributed by atoms with Crippen LogP contribution in [0, 0.1) is 0 Å². The van der Waals surface area contributed by atoms with Gasteiger partial charge in [0.2, 0.25) is 0 Å². The second kappa shape index (κ2) is 11.2. The van der Waals surface area contributed by atoms with E-state index in [1.165, 1.54) is 109 Å². The van der Waals surface area contributed by atoms with Gasteiger partial charge in [-0.25, -0.2) is 0 Å². The molecule has 2 heterocycles. The number of nitrogens with one attached hydrogen (secondary N) is 1. The molecule has 1 N–H and O–H groups in total. The van der Waals surface area contributed by atoms with Crippen molar-refractivity contribution in [2.75, 3.05) is 0 Å². The SMILES string of the molecule is c1ccc2cc(-c3cccc4c5cc(-n6c7ccccc7c7cc(-c8ccc9[nH]c%10ccccc%10c9c8)ccc76)ccc5c5ccccc5c34)ccc2c1. The van der Waals surface area contributed by atoms with E-state index in [1.807, 2.05) is 0 Å². The van der Waals surface area contributed by atoms with Crippen molar-refractivity contribution in [3.05, 3.63) is 188 Å². The van der Waals surface area contributed by atoms with Crippen LogP contribution in [0.5, 0.6) is 0 Å². The maximum absolute atomic E-state index is 3.58. The molecule has 2 heteroatoms. The first kappa shape index (κ1) is 29.4. The first-order valence-corrected chi connectivity index (χ1v) is 18.7. The van der Waals surface area contributed by atoms with E-state index in [0.717, 1.165) is 5.69 Å². The number of para-hydroxylation sites is 2. The van der Waals surface area contributed by atoms with E-state index in [1.54, 1.807) is 0 Å². The molecule has 0 aliphatic rings. The monoisotopic (exact) mass is 684 g/mol. The Morgan fingerprint density at radius 1 is 0.315 bits per heavy atom. The summed E-state index contributed by atoms with van der Waals surface area (Å²) in [6, 6.07) is 69.4. The number of aromatic nitrogens is 2. The lowest BCUT2D eigenvalue weighted by Gasteiger charge is -2.16. The highest BCUT2D eigenvalue weighted by Gasteiger charge is 2.17. The van der Waals surface area contributed by atoms with Gasteiger partial charge >= 0.3 is 0 Å². The van der Waals surface area contributed by atoms with Crippen LogP contribution in [0.2, 0.25) is 0 Å². The Balaban J connectivity index is 1.08. The third-order valence-electron chi connectivity index (χ3n) is 11.7. The Bertz CT molecular complexity index is 3510. The van der Waals surface area contributed by atoms with Crippen molar-refractivity contribution in [1.82, 2.24) is 9.55 Å². The molecule has 0 fully saturated rings. The Morgan fingerprint density at radius 2 is 0.944 bits per heavy atom. The second-order valence-electron chi connectivity index (χ2n) is 14.6. The van der Waals surface area contributed by atoms with E-state index in [0.29, 0.717) is 0 Å². The molecule has 2 nitrogen and oxygen atoms in total. The minimum atomic E-state index is 1.16. The summed E-state index contributed by atoms with van der Waals surface area (Å²) in [5.41, 5.74) is 10.8. The molecular weight excluding hydrogens is 653 g/mol. The predicted octanol–water partition coefficient (Wildman–Crippen LogP) is 14.4. The van der Waals surface area contributed by atoms with Gasteiger partial charge in [0.15, 0.2) is 0 Å². The topological polar surface area (TPSA) is 20.7 Å². The summed E-state index contributed by atoms with van der Waals surface area (Å²) in [5, 5.41) is 15.2. The smallest absolute Gasteiger partial charge is 0.0541 e. The van der Waals surface area contributed by atoms with Crippen molar-refractivity contribution in [3.63, 3.8) is 0 Å². The maximum atomic E-state index is 3.58. The van der Waals surface area contributed by atoms with Gasteiger partial charge in [-0.1, -0.05) is 133 Å². The van der Waals surface area contributed by atoms with Crippen LogP contribution in [0.15, 0.2) is 188 Å². The van der Waals surface area contributed by atoms with Crippen LogP contribution in [0.1, 0.15) is 0 Å². The van der Waals surface area contributed by atoms with Crippen LogP contribution in [0.3, 0.4) is 0 Å². The minimum Gasteiger partial charge on any atom is -0.355 e. The van der Waals surface area contributed by atoms with Gasteiger partial charge in [0.1, 0.15) is 0 Å². The van der Waals surface area contributed by atoms with E-state index in [2.05, 4.69) is 198 Å². The summed E-state index contributed by atoms with van der Waals surface area (Å²) < 4.78 is 2.45. The van der Waals surface area contributed by atoms with Crippen molar-refractivity contribution >= 4 is 86.7 Å². The number of rotatable bonds is 3. The van der Waals surface area contributed by atoms with Crippen molar-refractivity contribution < 1.29 is 0 Å². The molecule has 0 radical (unpaired) electrons. The van der Waals surface area contributed by atoms with Crippen molar-refractivity contribution in [1.29, 1.82) is 0 Å². The van der Waals surface area contributed by atoms with Gasteiger partial charge < -0.3 is 9.55 Å². The van der Waals surface area contributed by atoms with Gasteiger partial charge in [-0.05, 0) is 120 Å². The van der Waals surface area contributed by atoms with E-state index >= 15 is 0 Å². The lowest BCUT2D eigenvalue weighted by molar-refractivity contribution is 1.19. The summed E-state index contributed by atoms with van der Waals surface area (Å²) in [6.45, 7) is 0. The normalized spacial score (nSPS) is 12.1. The third kappa shape index (κ3) is 4.22. The standard InChI is InChI=1S/C52H32N2/c1-2-11-33-28-36(21-20-32(33)10-1)38-16-9-17-44-45-31-37(24-25-40(45)39-12-3-4-15-43(39)52(38)44)54-50-19-8-6-14-42(50)47-30-35(23-27-51(47)54)34-22-26-49-46(29-34)41-13-5-7-18-48(41)53-49/h1-31,53H. The van der Waals surface area contributed by atoms with E-state index in [4.69, 9.17) is 0 Å². The molecule has 0 unspecified atom stereocenters. The average molecular weight is 685 g/mol. The molecule has 54 heavy (non-hydrogen) atoms. The number of benzene rings is 10. The number of nitrogens with zero attached hydrogens (tertiary/aromatic N) is 1. The highest BCUT2D eigenvalue weighted by molar-refractivity contribution is 6.29. The summed E-state index contributed by atoms with van der Waals surface area (Å²) in [7, 11) is 0. The van der Waals surface area contributed by atoms with E-state index in [9.17, 15) is 0 Å². The number of hydrogen-bond acceptors (Lipinski definition) is 0. The Morgan fingerprint density at radius 3 is 1.85 bits per heavy atom. The first-order valence-electron chi connectivity index (χ1n) is 18.7. The largest absolute Gasteiger partial charge is 0.355 e. The van der Waals surface area contributed by atoms with Crippen LogP contribution in [-0.2, 0) is 0 Å². The Hall–Kier alpha value is -7.16. The number of aromatic amines is 1. The molecule has 0 aliphatic carbocycles. The molecule has 2 aromatic heterocycles. The van der Waals surface area contributed by atoms with Crippen LogP contribution >= 0.6 is 0 Å². The molecule has 0 amide bonds. The maximum Gasteiger partial charge on any atom is 0.0541 e. The Labute approximate surface area is 311 Å². The minimum absolute atomic E-state index is 1.16. The van der Waals surface area contributed by atoms with Gasteiger partial charge in [0, 0.05) is 38.3 Å². The van der Waals surface area contributed by atoms with E-state index in [-0.39, 0.29) is 0 Å². The first-order chi connectivity index (χ1) is 26.8. The summed E-state index contributed by atoms with van der Waals surface area (Å²) >= 11 is 0. The predicted molar refractivity (Wildman–Crippen MR) is 231 cm³/mol. The highest BCUT2D eigenvalue weighted by atomic mass is 15.0. The van der Waals surface area contributed by atoms with Crippen LogP contribution in [-0.4, -0.2) is 9.55 Å². The van der Waals surface area contributed by atoms with Gasteiger partial charge in [0.05, 0.1) is 11.0 Å². The van der Waals surface area contributed by atoms with Crippen LogP contribution < -0.4 is 0 Å². The Kier molecular flexibility index (Phi) is 6.09. The number of fused-ring (bicyclic) bond motifs is 13. The number of hydrogen-bond donors (Lipinski definition) is 1. The molecule has 0 saturated carbocycles. The average Bonchev–Trinajstić information content (AvgIpc) is 3.78. The second-order valence-corrected chi connectivity index (χ2v) is 14.6. The zero-order chi connectivity index (χ0) is 35.3. The lowest BCUT2D eigenvalue weighted by atomic mass is 9.89. The van der Waals surface area contributed by atoms with Gasteiger partial charge in [-0.15, -0.1) is 0 Å². The summed E-state index contributed by atoms with van der Waals surface area (Å²) in [6.07, 6.45) is 0. The number of H-pyrrole nitrogens is 1. The molecule has 0 saturated heterocycles. The van der Waals surface area contributed by atoms with Gasteiger partial charge in [-0.2, -0.15) is 0 Å². The zero-order valence-corrected chi connectivity index (χ0v) is 29.3. The molecule has 12 aromatic rings. The molecular formula is C52H32N2. The van der Waals surface area contributed by atoms with Crippen LogP contribution in [0.25, 0.3) is 115 Å². The summed E-state index contributed by atoms with van der Waals surface area (Å²) in [5.74, 6) is 0. The molecule has 12 rings (SSSR count). The fraction of sp³-hybridized carbons (Fsp3) is 0. The fourth-order valence-electron chi connectivity index (χ4n) is 9.19. The van der Waals surface area contributed by atoms with E-state index < -0.39 is 0 Å². The molecule has 0 bridgehead atoms. The lowest BCUT2D eigenvalue weighted by Crippen LogP contribution is -1.95. The third-order valence-corrected chi connectivity index (χ3v) is 11.7. The summed E-state index contributed by atoms with van der Waals surface area (Å²) in [4.78, 5) is 3.58. The highest BCUT2D eigenvalue weighted by Crippen LogP contribution is 2.43. The molecule has 250 valence electrons. The van der Waals surface area contributed by atoms with Gasteiger partial charge in [0.25, 0.3) is 0 Å².